The molecule has 0 unspecified atom stereocenters. The van der Waals surface area contributed by atoms with E-state index in [0.29, 0.717) is 6.10 Å². The average Bonchev–Trinajstić information content (AvgIpc) is 2.05. The topological polar surface area (TPSA) is 12.5 Å². The van der Waals surface area contributed by atoms with Gasteiger partial charge in [0.2, 0.25) is 0 Å². The number of piperidine rings is 1. The molecule has 11 heavy (non-hydrogen) atoms. The first-order chi connectivity index (χ1) is 5.27. The van der Waals surface area contributed by atoms with E-state index in [4.69, 9.17) is 4.74 Å². The summed E-state index contributed by atoms with van der Waals surface area (Å²) in [5.41, 5.74) is 0. The van der Waals surface area contributed by atoms with Crippen LogP contribution in [-0.4, -0.2) is 37.7 Å². The summed E-state index contributed by atoms with van der Waals surface area (Å²) in [6.45, 7) is 3.44. The summed E-state index contributed by atoms with van der Waals surface area (Å²) in [7, 11) is 4.03. The Labute approximate surface area is 69.5 Å². The summed E-state index contributed by atoms with van der Waals surface area (Å²) in [5, 5.41) is 0. The average molecular weight is 157 g/mol. The molecule has 0 aromatic carbocycles. The maximum atomic E-state index is 5.34. The van der Waals surface area contributed by atoms with Crippen LogP contribution in [-0.2, 0) is 4.74 Å². The van der Waals surface area contributed by atoms with Crippen LogP contribution in [0.5, 0.6) is 0 Å². The number of ether oxygens (including phenoxy) is 1. The predicted molar refractivity (Wildman–Crippen MR) is 46.7 cm³/mol. The fraction of sp³-hybridized carbons (Fsp3) is 1.00. The van der Waals surface area contributed by atoms with Crippen LogP contribution in [0, 0.1) is 0 Å². The Morgan fingerprint density at radius 3 is 2.82 bits per heavy atom. The molecule has 0 saturated carbocycles. The minimum Gasteiger partial charge on any atom is -0.381 e. The molecule has 1 heterocycles. The van der Waals surface area contributed by atoms with Crippen molar-refractivity contribution < 1.29 is 4.74 Å². The fourth-order valence-electron chi connectivity index (χ4n) is 1.82. The number of hydrogen-bond donors (Lipinski definition) is 0. The smallest absolute Gasteiger partial charge is 0.0598 e. The maximum Gasteiger partial charge on any atom is 0.0598 e. The monoisotopic (exact) mass is 157 g/mol. The van der Waals surface area contributed by atoms with Crippen LogP contribution < -0.4 is 0 Å². The Balaban J connectivity index is 2.37. The van der Waals surface area contributed by atoms with E-state index in [0.717, 1.165) is 6.04 Å². The molecule has 2 nitrogen and oxygen atoms in total. The molecule has 1 saturated heterocycles. The van der Waals surface area contributed by atoms with E-state index in [9.17, 15) is 0 Å². The van der Waals surface area contributed by atoms with Crippen molar-refractivity contribution in [1.29, 1.82) is 0 Å². The lowest BCUT2D eigenvalue weighted by molar-refractivity contribution is 0.0198. The van der Waals surface area contributed by atoms with E-state index in [1.165, 1.54) is 25.8 Å². The number of likely N-dealkylation sites (tertiary alicyclic amines) is 1. The molecule has 0 radical (unpaired) electrons. The standard InChI is InChI=1S/C9H19NO/c1-4-8-7-9(11-3)5-6-10(8)2/h8-9H,4-7H2,1-3H3/t8-,9+/m0/s1. The quantitative estimate of drug-likeness (QED) is 0.602. The van der Waals surface area contributed by atoms with Gasteiger partial charge in [-0.15, -0.1) is 0 Å². The van der Waals surface area contributed by atoms with Gasteiger partial charge in [0.15, 0.2) is 0 Å². The van der Waals surface area contributed by atoms with Gasteiger partial charge in [-0.05, 0) is 26.3 Å². The lowest BCUT2D eigenvalue weighted by Crippen LogP contribution is -2.41. The third-order valence-corrected chi connectivity index (χ3v) is 2.77. The van der Waals surface area contributed by atoms with Gasteiger partial charge in [-0.25, -0.2) is 0 Å². The first kappa shape index (κ1) is 9.01. The lowest BCUT2D eigenvalue weighted by atomic mass is 9.98. The molecule has 1 aliphatic rings. The molecule has 1 fully saturated rings. The van der Waals surface area contributed by atoms with Gasteiger partial charge in [0, 0.05) is 19.7 Å². The molecule has 66 valence electrons. The highest BCUT2D eigenvalue weighted by Crippen LogP contribution is 2.19. The minimum absolute atomic E-state index is 0.510. The van der Waals surface area contributed by atoms with Crippen molar-refractivity contribution in [3.8, 4) is 0 Å². The van der Waals surface area contributed by atoms with Crippen molar-refractivity contribution in [2.24, 2.45) is 0 Å². The molecule has 0 bridgehead atoms. The zero-order valence-corrected chi connectivity index (χ0v) is 7.84. The highest BCUT2D eigenvalue weighted by Gasteiger charge is 2.23. The molecular weight excluding hydrogens is 138 g/mol. The second kappa shape index (κ2) is 4.07. The summed E-state index contributed by atoms with van der Waals surface area (Å²) in [5.74, 6) is 0. The second-order valence-electron chi connectivity index (χ2n) is 3.42. The Hall–Kier alpha value is -0.0800. The van der Waals surface area contributed by atoms with E-state index < -0.39 is 0 Å². The van der Waals surface area contributed by atoms with Crippen molar-refractivity contribution in [1.82, 2.24) is 4.90 Å². The molecule has 2 heteroatoms. The Kier molecular flexibility index (Phi) is 3.34. The Morgan fingerprint density at radius 2 is 2.27 bits per heavy atom. The molecule has 1 rings (SSSR count). The summed E-state index contributed by atoms with van der Waals surface area (Å²) >= 11 is 0. The van der Waals surface area contributed by atoms with Crippen molar-refractivity contribution in [2.75, 3.05) is 20.7 Å². The van der Waals surface area contributed by atoms with Crippen LogP contribution in [0.3, 0.4) is 0 Å². The van der Waals surface area contributed by atoms with E-state index in [1.807, 2.05) is 7.11 Å². The van der Waals surface area contributed by atoms with Crippen LogP contribution in [0.2, 0.25) is 0 Å². The molecule has 0 amide bonds. The molecule has 1 aliphatic heterocycles. The first-order valence-corrected chi connectivity index (χ1v) is 4.51. The summed E-state index contributed by atoms with van der Waals surface area (Å²) in [6, 6.07) is 0.744. The lowest BCUT2D eigenvalue weighted by Gasteiger charge is -2.35. The van der Waals surface area contributed by atoms with Crippen LogP contribution in [0.25, 0.3) is 0 Å². The van der Waals surface area contributed by atoms with Gasteiger partial charge in [-0.3, -0.25) is 0 Å². The third kappa shape index (κ3) is 2.17. The summed E-state index contributed by atoms with van der Waals surface area (Å²) in [6.07, 6.45) is 4.17. The molecule has 0 aromatic rings. The predicted octanol–water partition coefficient (Wildman–Crippen LogP) is 1.51. The van der Waals surface area contributed by atoms with E-state index in [2.05, 4.69) is 18.9 Å². The number of rotatable bonds is 2. The van der Waals surface area contributed by atoms with Crippen LogP contribution in [0.15, 0.2) is 0 Å². The van der Waals surface area contributed by atoms with E-state index in [-0.39, 0.29) is 0 Å². The highest BCUT2D eigenvalue weighted by atomic mass is 16.5. The summed E-state index contributed by atoms with van der Waals surface area (Å²) < 4.78 is 5.34. The van der Waals surface area contributed by atoms with Gasteiger partial charge in [0.1, 0.15) is 0 Å². The van der Waals surface area contributed by atoms with Gasteiger partial charge in [-0.1, -0.05) is 6.92 Å². The van der Waals surface area contributed by atoms with Crippen LogP contribution in [0.1, 0.15) is 26.2 Å². The molecule has 0 N–H and O–H groups in total. The molecule has 0 aliphatic carbocycles. The van der Waals surface area contributed by atoms with Crippen molar-refractivity contribution >= 4 is 0 Å². The molecule has 0 aromatic heterocycles. The highest BCUT2D eigenvalue weighted by molar-refractivity contribution is 4.78. The zero-order valence-electron chi connectivity index (χ0n) is 7.84. The van der Waals surface area contributed by atoms with Gasteiger partial charge >= 0.3 is 0 Å². The van der Waals surface area contributed by atoms with E-state index in [1.54, 1.807) is 0 Å². The van der Waals surface area contributed by atoms with Crippen molar-refractivity contribution in [3.05, 3.63) is 0 Å². The Morgan fingerprint density at radius 1 is 1.55 bits per heavy atom. The van der Waals surface area contributed by atoms with Crippen LogP contribution >= 0.6 is 0 Å². The molecule has 0 spiro atoms. The first-order valence-electron chi connectivity index (χ1n) is 4.51. The Bertz CT molecular complexity index is 116. The van der Waals surface area contributed by atoms with Gasteiger partial charge < -0.3 is 9.64 Å². The molecule has 2 atom stereocenters. The van der Waals surface area contributed by atoms with Gasteiger partial charge in [0.05, 0.1) is 6.10 Å². The normalized spacial score (nSPS) is 34.1. The largest absolute Gasteiger partial charge is 0.381 e. The fourth-order valence-corrected chi connectivity index (χ4v) is 1.82. The van der Waals surface area contributed by atoms with Crippen molar-refractivity contribution in [3.63, 3.8) is 0 Å². The second-order valence-corrected chi connectivity index (χ2v) is 3.42. The zero-order chi connectivity index (χ0) is 8.27. The van der Waals surface area contributed by atoms with Gasteiger partial charge in [-0.2, -0.15) is 0 Å². The van der Waals surface area contributed by atoms with E-state index >= 15 is 0 Å². The van der Waals surface area contributed by atoms with Crippen molar-refractivity contribution in [2.45, 2.75) is 38.3 Å². The SMILES string of the molecule is CC[C@H]1C[C@H](OC)CCN1C. The molecular formula is C9H19NO. The summed E-state index contributed by atoms with van der Waals surface area (Å²) in [4.78, 5) is 2.44. The van der Waals surface area contributed by atoms with Crippen LogP contribution in [0.4, 0.5) is 0 Å². The number of hydrogen-bond acceptors (Lipinski definition) is 2. The minimum atomic E-state index is 0.510. The number of nitrogens with zero attached hydrogens (tertiary/aromatic N) is 1. The van der Waals surface area contributed by atoms with Gasteiger partial charge in [0.25, 0.3) is 0 Å². The third-order valence-electron chi connectivity index (χ3n) is 2.77. The maximum absolute atomic E-state index is 5.34. The number of methoxy groups -OCH3 is 1.